The summed E-state index contributed by atoms with van der Waals surface area (Å²) in [6.45, 7) is 1.65. The van der Waals surface area contributed by atoms with Gasteiger partial charge in [0.25, 0.3) is 5.56 Å². The molecule has 0 aliphatic carbocycles. The number of nitrogens with zero attached hydrogens (tertiary/aromatic N) is 2. The van der Waals surface area contributed by atoms with Crippen molar-refractivity contribution in [2.75, 3.05) is 14.2 Å². The zero-order valence-corrected chi connectivity index (χ0v) is 17.7. The van der Waals surface area contributed by atoms with Crippen LogP contribution in [0.5, 0.6) is 11.5 Å². The molecule has 162 valence electrons. The highest BCUT2D eigenvalue weighted by atomic mass is 19.1. The van der Waals surface area contributed by atoms with E-state index in [4.69, 9.17) is 9.47 Å². The number of halogens is 2. The number of rotatable bonds is 5. The summed E-state index contributed by atoms with van der Waals surface area (Å²) < 4.78 is 39.5. The van der Waals surface area contributed by atoms with Gasteiger partial charge in [0.15, 0.2) is 11.5 Å². The van der Waals surface area contributed by atoms with Crippen molar-refractivity contribution in [2.24, 2.45) is 0 Å². The van der Waals surface area contributed by atoms with E-state index in [0.717, 1.165) is 5.56 Å². The third-order valence-corrected chi connectivity index (χ3v) is 5.11. The Kier molecular flexibility index (Phi) is 5.73. The maximum atomic E-state index is 14.3. The first-order valence-corrected chi connectivity index (χ1v) is 9.80. The Balaban J connectivity index is 1.99. The van der Waals surface area contributed by atoms with Gasteiger partial charge in [-0.15, -0.1) is 0 Å². The molecule has 0 saturated heterocycles. The van der Waals surface area contributed by atoms with Crippen LogP contribution < -0.4 is 15.0 Å². The van der Waals surface area contributed by atoms with Gasteiger partial charge in [0.2, 0.25) is 0 Å². The van der Waals surface area contributed by atoms with Gasteiger partial charge in [0, 0.05) is 6.07 Å². The number of fused-ring (bicyclic) bond motifs is 1. The lowest BCUT2D eigenvalue weighted by atomic mass is 10.1. The third-order valence-electron chi connectivity index (χ3n) is 5.11. The van der Waals surface area contributed by atoms with Crippen LogP contribution in [0.1, 0.15) is 17.0 Å². The average molecular weight is 434 g/mol. The lowest BCUT2D eigenvalue weighted by molar-refractivity contribution is 0.355. The minimum atomic E-state index is -0.435. The van der Waals surface area contributed by atoms with Crippen LogP contribution in [0.4, 0.5) is 8.78 Å². The fourth-order valence-corrected chi connectivity index (χ4v) is 3.36. The van der Waals surface area contributed by atoms with Gasteiger partial charge in [0.1, 0.15) is 17.5 Å². The minimum Gasteiger partial charge on any atom is -0.493 e. The second-order valence-electron chi connectivity index (χ2n) is 7.15. The van der Waals surface area contributed by atoms with Gasteiger partial charge in [0.05, 0.1) is 30.8 Å². The molecule has 4 aromatic rings. The first-order valence-electron chi connectivity index (χ1n) is 9.80. The zero-order chi connectivity index (χ0) is 22.8. The number of aryl methyl sites for hydroxylation is 1. The van der Waals surface area contributed by atoms with Crippen LogP contribution in [-0.4, -0.2) is 23.8 Å². The summed E-state index contributed by atoms with van der Waals surface area (Å²) in [7, 11) is 2.97. The lowest BCUT2D eigenvalue weighted by Gasteiger charge is -2.14. The van der Waals surface area contributed by atoms with Crippen LogP contribution in [0.25, 0.3) is 28.7 Å². The van der Waals surface area contributed by atoms with Crippen LogP contribution in [-0.2, 0) is 0 Å². The third kappa shape index (κ3) is 3.97. The van der Waals surface area contributed by atoms with Crippen LogP contribution in [0.15, 0.2) is 59.4 Å². The van der Waals surface area contributed by atoms with Gasteiger partial charge >= 0.3 is 0 Å². The molecule has 5 nitrogen and oxygen atoms in total. The van der Waals surface area contributed by atoms with E-state index < -0.39 is 11.4 Å². The summed E-state index contributed by atoms with van der Waals surface area (Å²) in [5.74, 6) is 0.311. The number of benzene rings is 3. The van der Waals surface area contributed by atoms with Crippen molar-refractivity contribution in [1.82, 2.24) is 9.55 Å². The molecule has 0 aliphatic heterocycles. The summed E-state index contributed by atoms with van der Waals surface area (Å²) >= 11 is 0. The second kappa shape index (κ2) is 8.63. The standard InChI is InChI=1S/C25H20F2N2O3/c1-15-4-10-18(12-20(15)27)29-24(11-7-16-5-8-17(26)9-6-16)28-21-14-23(32-3)22(31-2)13-19(21)25(29)30/h4-14H,1-3H3/b11-7-. The van der Waals surface area contributed by atoms with E-state index in [2.05, 4.69) is 4.98 Å². The number of aromatic nitrogens is 2. The topological polar surface area (TPSA) is 53.4 Å². The van der Waals surface area contributed by atoms with Gasteiger partial charge < -0.3 is 9.47 Å². The Labute approximate surface area is 183 Å². The second-order valence-corrected chi connectivity index (χ2v) is 7.15. The van der Waals surface area contributed by atoms with Crippen molar-refractivity contribution in [3.05, 3.63) is 93.5 Å². The van der Waals surface area contributed by atoms with E-state index in [1.165, 1.54) is 37.0 Å². The summed E-state index contributed by atoms with van der Waals surface area (Å²) in [5.41, 5.74) is 1.52. The van der Waals surface area contributed by atoms with Gasteiger partial charge in [-0.1, -0.05) is 24.3 Å². The van der Waals surface area contributed by atoms with Crippen LogP contribution in [0.2, 0.25) is 0 Å². The number of hydrogen-bond acceptors (Lipinski definition) is 4. The molecule has 0 radical (unpaired) electrons. The molecule has 3 aromatic carbocycles. The van der Waals surface area contributed by atoms with E-state index in [1.807, 2.05) is 0 Å². The predicted octanol–water partition coefficient (Wildman–Crippen LogP) is 5.16. The molecule has 7 heteroatoms. The smallest absolute Gasteiger partial charge is 0.266 e. The van der Waals surface area contributed by atoms with Gasteiger partial charge in [-0.3, -0.25) is 9.36 Å². The Morgan fingerprint density at radius 3 is 2.25 bits per heavy atom. The molecule has 0 spiro atoms. The van der Waals surface area contributed by atoms with Gasteiger partial charge in [-0.05, 0) is 54.5 Å². The fraction of sp³-hybridized carbons (Fsp3) is 0.120. The van der Waals surface area contributed by atoms with Crippen LogP contribution in [0.3, 0.4) is 0 Å². The Bertz CT molecular complexity index is 1390. The largest absolute Gasteiger partial charge is 0.493 e. The molecule has 0 aliphatic rings. The van der Waals surface area contributed by atoms with Crippen LogP contribution in [0, 0.1) is 18.6 Å². The van der Waals surface area contributed by atoms with E-state index in [9.17, 15) is 13.6 Å². The van der Waals surface area contributed by atoms with E-state index in [-0.39, 0.29) is 11.6 Å². The summed E-state index contributed by atoms with van der Waals surface area (Å²) in [6.07, 6.45) is 3.33. The number of ether oxygens (including phenoxy) is 2. The normalized spacial score (nSPS) is 11.3. The van der Waals surface area contributed by atoms with E-state index in [1.54, 1.807) is 55.5 Å². The molecule has 0 saturated carbocycles. The van der Waals surface area contributed by atoms with Gasteiger partial charge in [-0.2, -0.15) is 0 Å². The first kappa shape index (κ1) is 21.2. The Hall–Kier alpha value is -4.00. The van der Waals surface area contributed by atoms with Crippen molar-refractivity contribution >= 4 is 23.1 Å². The van der Waals surface area contributed by atoms with Crippen molar-refractivity contribution in [3.63, 3.8) is 0 Å². The molecule has 4 rings (SSSR count). The molecule has 0 atom stereocenters. The van der Waals surface area contributed by atoms with E-state index >= 15 is 0 Å². The molecule has 1 heterocycles. The lowest BCUT2D eigenvalue weighted by Crippen LogP contribution is -2.22. The fourth-order valence-electron chi connectivity index (χ4n) is 3.36. The molecule has 32 heavy (non-hydrogen) atoms. The molecule has 0 unspecified atom stereocenters. The summed E-state index contributed by atoms with van der Waals surface area (Å²) in [4.78, 5) is 18.1. The maximum absolute atomic E-state index is 14.3. The predicted molar refractivity (Wildman–Crippen MR) is 120 cm³/mol. The highest BCUT2D eigenvalue weighted by molar-refractivity contribution is 5.83. The highest BCUT2D eigenvalue weighted by Crippen LogP contribution is 2.30. The minimum absolute atomic E-state index is 0.280. The molecule has 0 fully saturated rings. The van der Waals surface area contributed by atoms with Gasteiger partial charge in [-0.25, -0.2) is 13.8 Å². The molecular formula is C25H20F2N2O3. The quantitative estimate of drug-likeness (QED) is 0.435. The van der Waals surface area contributed by atoms with Crippen molar-refractivity contribution < 1.29 is 18.3 Å². The van der Waals surface area contributed by atoms with Crippen molar-refractivity contribution in [1.29, 1.82) is 0 Å². The molecule has 0 N–H and O–H groups in total. The SMILES string of the molecule is COc1cc2nc(/C=C\c3ccc(F)cc3)n(-c3ccc(C)c(F)c3)c(=O)c2cc1OC. The maximum Gasteiger partial charge on any atom is 0.266 e. The Morgan fingerprint density at radius 2 is 1.59 bits per heavy atom. The molecule has 0 bridgehead atoms. The molecule has 1 aromatic heterocycles. The summed E-state index contributed by atoms with van der Waals surface area (Å²) in [5, 5.41) is 0.294. The number of methoxy groups -OCH3 is 2. The van der Waals surface area contributed by atoms with E-state index in [0.29, 0.717) is 33.7 Å². The van der Waals surface area contributed by atoms with Crippen molar-refractivity contribution in [3.8, 4) is 17.2 Å². The molecular weight excluding hydrogens is 414 g/mol. The average Bonchev–Trinajstić information content (AvgIpc) is 2.80. The number of hydrogen-bond donors (Lipinski definition) is 0. The Morgan fingerprint density at radius 1 is 0.906 bits per heavy atom. The summed E-state index contributed by atoms with van der Waals surface area (Å²) in [6, 6.07) is 13.6. The molecule has 0 amide bonds. The van der Waals surface area contributed by atoms with Crippen molar-refractivity contribution in [2.45, 2.75) is 6.92 Å². The first-order chi connectivity index (χ1) is 15.4. The highest BCUT2D eigenvalue weighted by Gasteiger charge is 2.16. The monoisotopic (exact) mass is 434 g/mol. The van der Waals surface area contributed by atoms with Crippen LogP contribution >= 0.6 is 0 Å². The zero-order valence-electron chi connectivity index (χ0n) is 17.7.